The van der Waals surface area contributed by atoms with Gasteiger partial charge in [0, 0.05) is 40.3 Å². The normalized spacial score (nSPS) is 10.6. The number of hydrogen-bond acceptors (Lipinski definition) is 4. The fourth-order valence-corrected chi connectivity index (χ4v) is 3.20. The molecule has 0 spiro atoms. The van der Waals surface area contributed by atoms with Gasteiger partial charge in [-0.1, -0.05) is 35.9 Å². The van der Waals surface area contributed by atoms with Crippen LogP contribution in [0.3, 0.4) is 0 Å². The van der Waals surface area contributed by atoms with Crippen molar-refractivity contribution < 1.29 is 0 Å². The molecule has 28 heavy (non-hydrogen) atoms. The maximum absolute atomic E-state index is 7.33. The third kappa shape index (κ3) is 3.51. The third-order valence-corrected chi connectivity index (χ3v) is 4.95. The molecule has 2 aromatic carbocycles. The first-order valence-corrected chi connectivity index (χ1v) is 9.10. The van der Waals surface area contributed by atoms with Gasteiger partial charge in [0.25, 0.3) is 0 Å². The summed E-state index contributed by atoms with van der Waals surface area (Å²) in [6.45, 7) is 9.86. The number of rotatable bonds is 4. The predicted molar refractivity (Wildman–Crippen MR) is 113 cm³/mol. The zero-order valence-corrected chi connectivity index (χ0v) is 15.9. The maximum Gasteiger partial charge on any atom is 0.188 e. The average Bonchev–Trinajstić information content (AvgIpc) is 2.74. The third-order valence-electron chi connectivity index (χ3n) is 4.54. The smallest absolute Gasteiger partial charge is 0.188 e. The molecule has 5 nitrogen and oxygen atoms in total. The van der Waals surface area contributed by atoms with Crippen molar-refractivity contribution in [2.45, 2.75) is 13.5 Å². The summed E-state index contributed by atoms with van der Waals surface area (Å²) in [5.74, 6) is 0.634. The molecule has 0 radical (unpaired) electrons. The Morgan fingerprint density at radius 3 is 2.57 bits per heavy atom. The predicted octanol–water partition coefficient (Wildman–Crippen LogP) is 5.82. The molecule has 6 heteroatoms. The van der Waals surface area contributed by atoms with Crippen molar-refractivity contribution in [1.82, 2.24) is 15.2 Å². The molecule has 2 heterocycles. The SMILES string of the molecule is [C-]#[N+]c1ccc2c(-c3ccncc3)nnc(NCc3ccc(C)c(Cl)c3)c2c1. The average molecular weight is 386 g/mol. The van der Waals surface area contributed by atoms with Gasteiger partial charge >= 0.3 is 0 Å². The van der Waals surface area contributed by atoms with Crippen LogP contribution in [-0.4, -0.2) is 15.2 Å². The Balaban J connectivity index is 1.76. The molecule has 0 aliphatic rings. The van der Waals surface area contributed by atoms with Crippen molar-refractivity contribution in [3.05, 3.63) is 88.5 Å². The first-order valence-electron chi connectivity index (χ1n) is 8.73. The molecule has 0 unspecified atom stereocenters. The highest BCUT2D eigenvalue weighted by molar-refractivity contribution is 6.31. The monoisotopic (exact) mass is 385 g/mol. The molecule has 0 amide bonds. The van der Waals surface area contributed by atoms with E-state index < -0.39 is 0 Å². The van der Waals surface area contributed by atoms with E-state index >= 15 is 0 Å². The quantitative estimate of drug-likeness (QED) is 0.450. The van der Waals surface area contributed by atoms with Gasteiger partial charge in [0.15, 0.2) is 11.5 Å². The van der Waals surface area contributed by atoms with Crippen LogP contribution in [0.5, 0.6) is 0 Å². The van der Waals surface area contributed by atoms with Gasteiger partial charge in [-0.25, -0.2) is 4.85 Å². The lowest BCUT2D eigenvalue weighted by Crippen LogP contribution is -2.04. The summed E-state index contributed by atoms with van der Waals surface area (Å²) in [7, 11) is 0. The van der Waals surface area contributed by atoms with Gasteiger partial charge in [0.2, 0.25) is 0 Å². The van der Waals surface area contributed by atoms with Crippen LogP contribution >= 0.6 is 11.6 Å². The molecule has 136 valence electrons. The zero-order valence-electron chi connectivity index (χ0n) is 15.1. The zero-order chi connectivity index (χ0) is 19.5. The molecule has 0 atom stereocenters. The van der Waals surface area contributed by atoms with Crippen molar-refractivity contribution >= 4 is 33.9 Å². The highest BCUT2D eigenvalue weighted by Crippen LogP contribution is 2.32. The number of nitrogens with one attached hydrogen (secondary N) is 1. The van der Waals surface area contributed by atoms with Gasteiger partial charge in [0.1, 0.15) is 5.69 Å². The van der Waals surface area contributed by atoms with Crippen molar-refractivity contribution in [2.75, 3.05) is 5.32 Å². The summed E-state index contributed by atoms with van der Waals surface area (Å²) < 4.78 is 0. The molecular formula is C22H16ClN5. The maximum atomic E-state index is 7.33. The summed E-state index contributed by atoms with van der Waals surface area (Å²) in [6, 6.07) is 15.3. The van der Waals surface area contributed by atoms with Gasteiger partial charge in [-0.3, -0.25) is 4.98 Å². The van der Waals surface area contributed by atoms with Crippen molar-refractivity contribution in [1.29, 1.82) is 0 Å². The number of halogens is 1. The van der Waals surface area contributed by atoms with Crippen LogP contribution in [0.25, 0.3) is 26.9 Å². The van der Waals surface area contributed by atoms with Gasteiger partial charge < -0.3 is 5.32 Å². The highest BCUT2D eigenvalue weighted by Gasteiger charge is 2.12. The van der Waals surface area contributed by atoms with Gasteiger partial charge in [-0.15, -0.1) is 10.2 Å². The van der Waals surface area contributed by atoms with E-state index in [9.17, 15) is 0 Å². The summed E-state index contributed by atoms with van der Waals surface area (Å²) in [5, 5.41) is 14.7. The molecule has 4 rings (SSSR count). The molecule has 0 aliphatic heterocycles. The van der Waals surface area contributed by atoms with E-state index in [1.165, 1.54) is 0 Å². The van der Waals surface area contributed by atoms with Crippen LogP contribution in [0, 0.1) is 13.5 Å². The number of hydrogen-bond donors (Lipinski definition) is 1. The van der Waals surface area contributed by atoms with Crippen LogP contribution in [-0.2, 0) is 6.54 Å². The van der Waals surface area contributed by atoms with Gasteiger partial charge in [-0.05, 0) is 42.3 Å². The first-order chi connectivity index (χ1) is 13.7. The van der Waals surface area contributed by atoms with Crippen molar-refractivity contribution in [3.8, 4) is 11.3 Å². The van der Waals surface area contributed by atoms with E-state index in [0.29, 0.717) is 18.1 Å². The second-order valence-corrected chi connectivity index (χ2v) is 6.82. The standard InChI is InChI=1S/C22H16ClN5/c1-14-3-4-15(11-20(14)23)13-26-22-19-12-17(24-2)5-6-18(19)21(27-28-22)16-7-9-25-10-8-16/h3-12H,13H2,1H3,(H,26,28). The van der Waals surface area contributed by atoms with Crippen molar-refractivity contribution in [3.63, 3.8) is 0 Å². The Bertz CT molecular complexity index is 1200. The molecule has 2 aromatic heterocycles. The Morgan fingerprint density at radius 2 is 1.82 bits per heavy atom. The van der Waals surface area contributed by atoms with Gasteiger partial charge in [0.05, 0.1) is 6.57 Å². The van der Waals surface area contributed by atoms with E-state index in [-0.39, 0.29) is 0 Å². The Kier molecular flexibility index (Phi) is 4.88. The van der Waals surface area contributed by atoms with Crippen LogP contribution in [0.15, 0.2) is 60.9 Å². The van der Waals surface area contributed by atoms with Crippen LogP contribution < -0.4 is 5.32 Å². The fourth-order valence-electron chi connectivity index (χ4n) is 3.00. The minimum atomic E-state index is 0.556. The molecule has 0 aliphatic carbocycles. The van der Waals surface area contributed by atoms with E-state index in [2.05, 4.69) is 25.3 Å². The second kappa shape index (κ2) is 7.63. The molecule has 0 bridgehead atoms. The summed E-state index contributed by atoms with van der Waals surface area (Å²) in [5.41, 5.74) is 4.34. The Labute approximate surface area is 167 Å². The molecule has 0 saturated heterocycles. The minimum absolute atomic E-state index is 0.556. The topological polar surface area (TPSA) is 55.1 Å². The van der Waals surface area contributed by atoms with Gasteiger partial charge in [-0.2, -0.15) is 0 Å². The number of aryl methyl sites for hydroxylation is 1. The number of benzene rings is 2. The summed E-state index contributed by atoms with van der Waals surface area (Å²) in [6.07, 6.45) is 3.45. The number of fused-ring (bicyclic) bond motifs is 1. The van der Waals surface area contributed by atoms with Crippen LogP contribution in [0.2, 0.25) is 5.02 Å². The minimum Gasteiger partial charge on any atom is -0.364 e. The van der Waals surface area contributed by atoms with Crippen LogP contribution in [0.4, 0.5) is 11.5 Å². The van der Waals surface area contributed by atoms with Crippen molar-refractivity contribution in [2.24, 2.45) is 0 Å². The molecular weight excluding hydrogens is 370 g/mol. The molecule has 0 saturated carbocycles. The van der Waals surface area contributed by atoms with E-state index in [4.69, 9.17) is 18.2 Å². The van der Waals surface area contributed by atoms with E-state index in [1.54, 1.807) is 18.5 Å². The number of nitrogens with zero attached hydrogens (tertiary/aromatic N) is 4. The Morgan fingerprint density at radius 1 is 1.00 bits per heavy atom. The lowest BCUT2D eigenvalue weighted by Gasteiger charge is -2.12. The first kappa shape index (κ1) is 17.9. The lowest BCUT2D eigenvalue weighted by molar-refractivity contribution is 1.02. The molecule has 4 aromatic rings. The molecule has 0 fully saturated rings. The number of aromatic nitrogens is 3. The number of anilines is 1. The fraction of sp³-hybridized carbons (Fsp3) is 0.0909. The number of pyridine rings is 1. The Hall–Kier alpha value is -3.49. The van der Waals surface area contributed by atoms with E-state index in [0.717, 1.165) is 38.2 Å². The summed E-state index contributed by atoms with van der Waals surface area (Å²) in [4.78, 5) is 7.61. The second-order valence-electron chi connectivity index (χ2n) is 6.41. The summed E-state index contributed by atoms with van der Waals surface area (Å²) >= 11 is 6.22. The largest absolute Gasteiger partial charge is 0.364 e. The van der Waals surface area contributed by atoms with Crippen LogP contribution in [0.1, 0.15) is 11.1 Å². The highest BCUT2D eigenvalue weighted by atomic mass is 35.5. The lowest BCUT2D eigenvalue weighted by atomic mass is 10.0. The van der Waals surface area contributed by atoms with E-state index in [1.807, 2.05) is 49.4 Å². The molecule has 1 N–H and O–H groups in total.